The van der Waals surface area contributed by atoms with E-state index in [1.807, 2.05) is 42.5 Å². The van der Waals surface area contributed by atoms with Gasteiger partial charge in [-0.1, -0.05) is 70.5 Å². The Morgan fingerprint density at radius 2 is 1.46 bits per heavy atom. The average Bonchev–Trinajstić information content (AvgIpc) is 2.94. The molecule has 7 nitrogen and oxygen atoms in total. The van der Waals surface area contributed by atoms with Crippen LogP contribution < -0.4 is 15.4 Å². The molecule has 0 saturated heterocycles. The molecule has 0 aliphatic heterocycles. The van der Waals surface area contributed by atoms with Crippen LogP contribution in [0.1, 0.15) is 26.3 Å². The predicted octanol–water partition coefficient (Wildman–Crippen LogP) is 6.69. The Hall–Kier alpha value is -4.64. The standard InChI is InChI=1S/C30H22BrF3N2O5/c31-22-12-15-25(35-27(37)21-10-13-23(14-11-21)41-30(32,33)34)24(17-22)28(38)36-26(29(39)40)16-18-6-8-20(9-7-18)19-4-2-1-3-5-19/h1-15,17,26H,16H2,(H,35,37)(H,36,38)(H,39,40). The molecule has 0 spiro atoms. The van der Waals surface area contributed by atoms with E-state index in [9.17, 15) is 32.7 Å². The Morgan fingerprint density at radius 1 is 0.829 bits per heavy atom. The maximum atomic E-state index is 13.2. The molecule has 0 bridgehead atoms. The minimum Gasteiger partial charge on any atom is -0.480 e. The number of carbonyl (C=O) groups is 3. The Balaban J connectivity index is 1.47. The summed E-state index contributed by atoms with van der Waals surface area (Å²) >= 11 is 3.27. The van der Waals surface area contributed by atoms with Crippen LogP contribution in [0.5, 0.6) is 5.75 Å². The fourth-order valence-electron chi connectivity index (χ4n) is 3.95. The van der Waals surface area contributed by atoms with E-state index in [1.165, 1.54) is 12.1 Å². The highest BCUT2D eigenvalue weighted by molar-refractivity contribution is 9.10. The Bertz CT molecular complexity index is 1540. The van der Waals surface area contributed by atoms with Gasteiger partial charge in [-0.3, -0.25) is 9.59 Å². The average molecular weight is 627 g/mol. The van der Waals surface area contributed by atoms with Crippen LogP contribution in [-0.2, 0) is 11.2 Å². The van der Waals surface area contributed by atoms with E-state index < -0.39 is 35.9 Å². The number of rotatable bonds is 9. The first-order valence-electron chi connectivity index (χ1n) is 12.1. The molecule has 4 aromatic rings. The first-order chi connectivity index (χ1) is 19.5. The smallest absolute Gasteiger partial charge is 0.480 e. The number of halogens is 4. The number of hydrogen-bond acceptors (Lipinski definition) is 4. The Kier molecular flexibility index (Phi) is 9.08. The Morgan fingerprint density at radius 3 is 2.07 bits per heavy atom. The van der Waals surface area contributed by atoms with Crippen LogP contribution in [0.2, 0.25) is 0 Å². The first-order valence-corrected chi connectivity index (χ1v) is 12.9. The van der Waals surface area contributed by atoms with Crippen molar-refractivity contribution >= 4 is 39.4 Å². The third-order valence-corrected chi connectivity index (χ3v) is 6.42. The summed E-state index contributed by atoms with van der Waals surface area (Å²) in [6.45, 7) is 0. The SMILES string of the molecule is O=C(Nc1ccc(Br)cc1C(=O)NC(Cc1ccc(-c2ccccc2)cc1)C(=O)O)c1ccc(OC(F)(F)F)cc1. The van der Waals surface area contributed by atoms with Gasteiger partial charge in [-0.25, -0.2) is 4.79 Å². The molecule has 4 aromatic carbocycles. The molecule has 0 aliphatic carbocycles. The van der Waals surface area contributed by atoms with Crippen LogP contribution in [0.25, 0.3) is 11.1 Å². The highest BCUT2D eigenvalue weighted by Gasteiger charge is 2.31. The number of aliphatic carboxylic acids is 1. The number of carbonyl (C=O) groups excluding carboxylic acids is 2. The molecule has 210 valence electrons. The van der Waals surface area contributed by atoms with E-state index in [0.717, 1.165) is 35.4 Å². The van der Waals surface area contributed by atoms with Crippen molar-refractivity contribution in [2.45, 2.75) is 18.8 Å². The first kappa shape index (κ1) is 29.3. The van der Waals surface area contributed by atoms with Crippen LogP contribution in [0, 0.1) is 0 Å². The number of alkyl halides is 3. The quantitative estimate of drug-likeness (QED) is 0.192. The zero-order chi connectivity index (χ0) is 29.6. The lowest BCUT2D eigenvalue weighted by molar-refractivity contribution is -0.274. The molecule has 0 saturated carbocycles. The number of carboxylic acids is 1. The monoisotopic (exact) mass is 626 g/mol. The number of ether oxygens (including phenoxy) is 1. The van der Waals surface area contributed by atoms with Crippen LogP contribution in [0.4, 0.5) is 18.9 Å². The van der Waals surface area contributed by atoms with E-state index in [0.29, 0.717) is 10.0 Å². The molecule has 1 unspecified atom stereocenters. The molecule has 41 heavy (non-hydrogen) atoms. The van der Waals surface area contributed by atoms with Crippen molar-refractivity contribution < 1.29 is 37.4 Å². The summed E-state index contributed by atoms with van der Waals surface area (Å²) in [6.07, 6.45) is -4.86. The van der Waals surface area contributed by atoms with Gasteiger partial charge in [0, 0.05) is 16.5 Å². The molecule has 0 fully saturated rings. The predicted molar refractivity (Wildman–Crippen MR) is 150 cm³/mol. The minimum absolute atomic E-state index is 0.0103. The van der Waals surface area contributed by atoms with Gasteiger partial charge in [-0.05, 0) is 59.2 Å². The van der Waals surface area contributed by atoms with Gasteiger partial charge in [-0.2, -0.15) is 0 Å². The van der Waals surface area contributed by atoms with Crippen molar-refractivity contribution in [1.29, 1.82) is 0 Å². The fourth-order valence-corrected chi connectivity index (χ4v) is 4.31. The molecule has 0 aliphatic rings. The highest BCUT2D eigenvalue weighted by Crippen LogP contribution is 2.25. The van der Waals surface area contributed by atoms with Crippen LogP contribution in [0.15, 0.2) is 102 Å². The summed E-state index contributed by atoms with van der Waals surface area (Å²) in [7, 11) is 0. The molecule has 0 aromatic heterocycles. The van der Waals surface area contributed by atoms with Crippen molar-refractivity contribution in [3.05, 3.63) is 118 Å². The summed E-state index contributed by atoms with van der Waals surface area (Å²) in [5, 5.41) is 14.8. The highest BCUT2D eigenvalue weighted by atomic mass is 79.9. The van der Waals surface area contributed by atoms with E-state index in [2.05, 4.69) is 31.3 Å². The topological polar surface area (TPSA) is 105 Å². The minimum atomic E-state index is -4.87. The van der Waals surface area contributed by atoms with Crippen LogP contribution >= 0.6 is 15.9 Å². The van der Waals surface area contributed by atoms with Crippen molar-refractivity contribution in [2.24, 2.45) is 0 Å². The summed E-state index contributed by atoms with van der Waals surface area (Å²) in [5.74, 6) is -3.18. The second-order valence-corrected chi connectivity index (χ2v) is 9.76. The number of amides is 2. The van der Waals surface area contributed by atoms with Gasteiger partial charge in [-0.15, -0.1) is 13.2 Å². The fraction of sp³-hybridized carbons (Fsp3) is 0.100. The van der Waals surface area contributed by atoms with Crippen LogP contribution in [0.3, 0.4) is 0 Å². The number of nitrogens with one attached hydrogen (secondary N) is 2. The molecule has 4 rings (SSSR count). The number of hydrogen-bond donors (Lipinski definition) is 3. The van der Waals surface area contributed by atoms with E-state index >= 15 is 0 Å². The molecular weight excluding hydrogens is 605 g/mol. The zero-order valence-electron chi connectivity index (χ0n) is 21.1. The molecular formula is C30H22BrF3N2O5. The molecule has 0 heterocycles. The third-order valence-electron chi connectivity index (χ3n) is 5.93. The van der Waals surface area contributed by atoms with E-state index in [-0.39, 0.29) is 23.2 Å². The summed E-state index contributed by atoms with van der Waals surface area (Å²) < 4.78 is 41.5. The van der Waals surface area contributed by atoms with Crippen molar-refractivity contribution in [3.8, 4) is 16.9 Å². The lowest BCUT2D eigenvalue weighted by Crippen LogP contribution is -2.42. The summed E-state index contributed by atoms with van der Waals surface area (Å²) in [6, 6.07) is 24.4. The largest absolute Gasteiger partial charge is 0.573 e. The Labute approximate surface area is 241 Å². The summed E-state index contributed by atoms with van der Waals surface area (Å²) in [4.78, 5) is 38.0. The summed E-state index contributed by atoms with van der Waals surface area (Å²) in [5.41, 5.74) is 2.73. The van der Waals surface area contributed by atoms with E-state index in [4.69, 9.17) is 0 Å². The van der Waals surface area contributed by atoms with Gasteiger partial charge in [0.25, 0.3) is 11.8 Å². The normalized spacial score (nSPS) is 11.8. The number of benzene rings is 4. The van der Waals surface area contributed by atoms with Gasteiger partial charge in [0.2, 0.25) is 0 Å². The molecule has 0 radical (unpaired) electrons. The third kappa shape index (κ3) is 8.18. The number of carboxylic acid groups (broad SMARTS) is 1. The van der Waals surface area contributed by atoms with E-state index in [1.54, 1.807) is 18.2 Å². The van der Waals surface area contributed by atoms with Gasteiger partial charge in [0.1, 0.15) is 11.8 Å². The second-order valence-electron chi connectivity index (χ2n) is 8.85. The second kappa shape index (κ2) is 12.7. The maximum absolute atomic E-state index is 13.2. The molecule has 2 amide bonds. The zero-order valence-corrected chi connectivity index (χ0v) is 22.7. The van der Waals surface area contributed by atoms with Crippen molar-refractivity contribution in [3.63, 3.8) is 0 Å². The number of anilines is 1. The van der Waals surface area contributed by atoms with Gasteiger partial charge < -0.3 is 20.5 Å². The van der Waals surface area contributed by atoms with Gasteiger partial charge >= 0.3 is 12.3 Å². The maximum Gasteiger partial charge on any atom is 0.573 e. The molecule has 3 N–H and O–H groups in total. The van der Waals surface area contributed by atoms with Gasteiger partial charge in [0.05, 0.1) is 11.3 Å². The van der Waals surface area contributed by atoms with Gasteiger partial charge in [0.15, 0.2) is 0 Å². The van der Waals surface area contributed by atoms with Crippen molar-refractivity contribution in [1.82, 2.24) is 5.32 Å². The van der Waals surface area contributed by atoms with Crippen molar-refractivity contribution in [2.75, 3.05) is 5.32 Å². The lowest BCUT2D eigenvalue weighted by Gasteiger charge is -2.17. The lowest BCUT2D eigenvalue weighted by atomic mass is 10.0. The molecule has 1 atom stereocenters. The molecule has 11 heteroatoms. The van der Waals surface area contributed by atoms with Crippen LogP contribution in [-0.4, -0.2) is 35.3 Å².